The van der Waals surface area contributed by atoms with E-state index in [2.05, 4.69) is 12.2 Å². The number of carboxylic acids is 1. The van der Waals surface area contributed by atoms with Crippen molar-refractivity contribution in [1.82, 2.24) is 5.32 Å². The largest absolute Gasteiger partial charge is 0.480 e. The molecule has 0 bridgehead atoms. The van der Waals surface area contributed by atoms with Crippen molar-refractivity contribution >= 4 is 5.97 Å². The van der Waals surface area contributed by atoms with Gasteiger partial charge in [0.1, 0.15) is 5.54 Å². The van der Waals surface area contributed by atoms with E-state index in [4.69, 9.17) is 0 Å². The highest BCUT2D eigenvalue weighted by molar-refractivity contribution is 5.80. The van der Waals surface area contributed by atoms with Gasteiger partial charge in [-0.1, -0.05) is 45.0 Å². The standard InChI is InChI=1S/C14H21NO2/c1-4-11-7-9-12(10-8-11)14(5-2,13(16)17)15-6-3/h7-10,15H,4-6H2,1-3H3,(H,16,17). The van der Waals surface area contributed by atoms with Crippen LogP contribution in [0.25, 0.3) is 0 Å². The summed E-state index contributed by atoms with van der Waals surface area (Å²) in [4.78, 5) is 11.5. The molecular formula is C14H21NO2. The first-order valence-corrected chi connectivity index (χ1v) is 6.18. The molecule has 1 rings (SSSR count). The van der Waals surface area contributed by atoms with E-state index in [-0.39, 0.29) is 0 Å². The number of aryl methyl sites for hydroxylation is 1. The van der Waals surface area contributed by atoms with Crippen LogP contribution in [0, 0.1) is 0 Å². The normalized spacial score (nSPS) is 14.3. The molecule has 0 fully saturated rings. The fraction of sp³-hybridized carbons (Fsp3) is 0.500. The first-order valence-electron chi connectivity index (χ1n) is 6.18. The number of aliphatic carboxylic acids is 1. The second kappa shape index (κ2) is 5.82. The zero-order chi connectivity index (χ0) is 12.9. The van der Waals surface area contributed by atoms with E-state index >= 15 is 0 Å². The molecule has 0 aliphatic heterocycles. The van der Waals surface area contributed by atoms with Crippen LogP contribution in [0.15, 0.2) is 24.3 Å². The molecule has 1 unspecified atom stereocenters. The number of likely N-dealkylation sites (N-methyl/N-ethyl adjacent to an activating group) is 1. The lowest BCUT2D eigenvalue weighted by Gasteiger charge is -2.29. The maximum absolute atomic E-state index is 11.5. The Hall–Kier alpha value is -1.35. The predicted molar refractivity (Wildman–Crippen MR) is 69.1 cm³/mol. The Balaban J connectivity index is 3.15. The first kappa shape index (κ1) is 13.7. The third kappa shape index (κ3) is 2.67. The van der Waals surface area contributed by atoms with Crippen molar-refractivity contribution in [3.05, 3.63) is 35.4 Å². The summed E-state index contributed by atoms with van der Waals surface area (Å²) in [5, 5.41) is 12.6. The molecule has 3 nitrogen and oxygen atoms in total. The third-order valence-corrected chi connectivity index (χ3v) is 3.23. The molecule has 17 heavy (non-hydrogen) atoms. The molecule has 0 aromatic heterocycles. The van der Waals surface area contributed by atoms with Gasteiger partial charge in [-0.05, 0) is 30.5 Å². The van der Waals surface area contributed by atoms with Crippen molar-refractivity contribution in [2.24, 2.45) is 0 Å². The Morgan fingerprint density at radius 3 is 2.18 bits per heavy atom. The Labute approximate surface area is 103 Å². The van der Waals surface area contributed by atoms with Crippen LogP contribution in [0.4, 0.5) is 0 Å². The van der Waals surface area contributed by atoms with E-state index in [1.54, 1.807) is 0 Å². The summed E-state index contributed by atoms with van der Waals surface area (Å²) < 4.78 is 0. The summed E-state index contributed by atoms with van der Waals surface area (Å²) in [5.74, 6) is -0.814. The quantitative estimate of drug-likeness (QED) is 0.796. The van der Waals surface area contributed by atoms with Crippen LogP contribution in [0.1, 0.15) is 38.3 Å². The molecule has 3 heteroatoms. The maximum atomic E-state index is 11.5. The number of hydrogen-bond acceptors (Lipinski definition) is 2. The highest BCUT2D eigenvalue weighted by Crippen LogP contribution is 2.26. The zero-order valence-corrected chi connectivity index (χ0v) is 10.8. The van der Waals surface area contributed by atoms with Gasteiger partial charge in [0.25, 0.3) is 0 Å². The zero-order valence-electron chi connectivity index (χ0n) is 10.8. The van der Waals surface area contributed by atoms with Crippen LogP contribution in [0.3, 0.4) is 0 Å². The highest BCUT2D eigenvalue weighted by Gasteiger charge is 2.37. The highest BCUT2D eigenvalue weighted by atomic mass is 16.4. The monoisotopic (exact) mass is 235 g/mol. The molecule has 2 N–H and O–H groups in total. The van der Waals surface area contributed by atoms with Gasteiger partial charge in [0.05, 0.1) is 0 Å². The lowest BCUT2D eigenvalue weighted by molar-refractivity contribution is -0.145. The Bertz CT molecular complexity index is 372. The van der Waals surface area contributed by atoms with E-state index in [0.29, 0.717) is 13.0 Å². The van der Waals surface area contributed by atoms with E-state index in [1.165, 1.54) is 5.56 Å². The van der Waals surface area contributed by atoms with Crippen molar-refractivity contribution < 1.29 is 9.90 Å². The fourth-order valence-corrected chi connectivity index (χ4v) is 2.11. The molecule has 0 aliphatic rings. The molecule has 0 saturated carbocycles. The second-order valence-electron chi connectivity index (χ2n) is 4.14. The molecule has 0 radical (unpaired) electrons. The predicted octanol–water partition coefficient (Wildman–Crippen LogP) is 2.55. The first-order chi connectivity index (χ1) is 8.10. The van der Waals surface area contributed by atoms with Gasteiger partial charge in [0, 0.05) is 0 Å². The van der Waals surface area contributed by atoms with Crippen LogP contribution in [-0.4, -0.2) is 17.6 Å². The Morgan fingerprint density at radius 2 is 1.82 bits per heavy atom. The lowest BCUT2D eigenvalue weighted by Crippen LogP contribution is -2.48. The summed E-state index contributed by atoms with van der Waals surface area (Å²) >= 11 is 0. The fourth-order valence-electron chi connectivity index (χ4n) is 2.11. The molecule has 1 atom stereocenters. The minimum Gasteiger partial charge on any atom is -0.480 e. The summed E-state index contributed by atoms with van der Waals surface area (Å²) in [5.41, 5.74) is 1.09. The molecule has 1 aromatic rings. The smallest absolute Gasteiger partial charge is 0.328 e. The van der Waals surface area contributed by atoms with Gasteiger partial charge in [0.2, 0.25) is 0 Å². The number of nitrogens with one attached hydrogen (secondary N) is 1. The van der Waals surface area contributed by atoms with Crippen molar-refractivity contribution in [3.63, 3.8) is 0 Å². The average Bonchev–Trinajstić information content (AvgIpc) is 2.36. The number of carboxylic acid groups (broad SMARTS) is 1. The van der Waals surface area contributed by atoms with Crippen LogP contribution in [-0.2, 0) is 16.8 Å². The number of carbonyl (C=O) groups is 1. The maximum Gasteiger partial charge on any atom is 0.328 e. The lowest BCUT2D eigenvalue weighted by atomic mass is 9.86. The molecular weight excluding hydrogens is 214 g/mol. The second-order valence-corrected chi connectivity index (χ2v) is 4.14. The average molecular weight is 235 g/mol. The van der Waals surface area contributed by atoms with Gasteiger partial charge in [-0.3, -0.25) is 5.32 Å². The topological polar surface area (TPSA) is 49.3 Å². The van der Waals surface area contributed by atoms with Crippen molar-refractivity contribution in [1.29, 1.82) is 0 Å². The van der Waals surface area contributed by atoms with E-state index in [0.717, 1.165) is 12.0 Å². The van der Waals surface area contributed by atoms with Crippen LogP contribution in [0.2, 0.25) is 0 Å². The molecule has 0 aliphatic carbocycles. The van der Waals surface area contributed by atoms with Gasteiger partial charge in [-0.15, -0.1) is 0 Å². The SMILES string of the molecule is CCNC(CC)(C(=O)O)c1ccc(CC)cc1. The molecule has 0 amide bonds. The van der Waals surface area contributed by atoms with Crippen molar-refractivity contribution in [2.75, 3.05) is 6.54 Å². The van der Waals surface area contributed by atoms with Gasteiger partial charge >= 0.3 is 5.97 Å². The summed E-state index contributed by atoms with van der Waals surface area (Å²) in [6, 6.07) is 7.83. The van der Waals surface area contributed by atoms with Crippen LogP contribution in [0.5, 0.6) is 0 Å². The summed E-state index contributed by atoms with van der Waals surface area (Å²) in [7, 11) is 0. The van der Waals surface area contributed by atoms with Crippen LogP contribution >= 0.6 is 0 Å². The molecule has 94 valence electrons. The minimum absolute atomic E-state index is 0.529. The molecule has 0 spiro atoms. The molecule has 0 heterocycles. The third-order valence-electron chi connectivity index (χ3n) is 3.23. The van der Waals surface area contributed by atoms with Gasteiger partial charge in [0.15, 0.2) is 0 Å². The van der Waals surface area contributed by atoms with Gasteiger partial charge < -0.3 is 5.11 Å². The van der Waals surface area contributed by atoms with E-state index in [9.17, 15) is 9.90 Å². The van der Waals surface area contributed by atoms with E-state index < -0.39 is 11.5 Å². The van der Waals surface area contributed by atoms with Gasteiger partial charge in [-0.25, -0.2) is 4.79 Å². The molecule has 0 saturated heterocycles. The summed E-state index contributed by atoms with van der Waals surface area (Å²) in [6.45, 7) is 6.54. The minimum atomic E-state index is -0.957. The molecule has 1 aromatic carbocycles. The summed E-state index contributed by atoms with van der Waals surface area (Å²) in [6.07, 6.45) is 1.50. The Morgan fingerprint density at radius 1 is 1.24 bits per heavy atom. The number of rotatable bonds is 6. The number of benzene rings is 1. The van der Waals surface area contributed by atoms with Crippen molar-refractivity contribution in [3.8, 4) is 0 Å². The van der Waals surface area contributed by atoms with E-state index in [1.807, 2.05) is 38.1 Å². The van der Waals surface area contributed by atoms with Crippen molar-refractivity contribution in [2.45, 2.75) is 39.2 Å². The Kier molecular flexibility index (Phi) is 4.70. The number of hydrogen-bond donors (Lipinski definition) is 2. The van der Waals surface area contributed by atoms with Crippen LogP contribution < -0.4 is 5.32 Å². The van der Waals surface area contributed by atoms with Gasteiger partial charge in [-0.2, -0.15) is 0 Å².